The molecular weight excluding hydrogens is 419 g/mol. The van der Waals surface area contributed by atoms with Crippen LogP contribution in [0.4, 0.5) is 10.1 Å². The van der Waals surface area contributed by atoms with Gasteiger partial charge in [-0.15, -0.1) is 0 Å². The van der Waals surface area contributed by atoms with Gasteiger partial charge in [-0.3, -0.25) is 4.79 Å². The second-order valence-electron chi connectivity index (χ2n) is 6.59. The molecule has 1 aliphatic heterocycles. The number of rotatable bonds is 5. The van der Waals surface area contributed by atoms with Gasteiger partial charge in [0, 0.05) is 25.6 Å². The first-order valence-corrected chi connectivity index (χ1v) is 10.9. The number of carbonyl (C=O) groups is 1. The van der Waals surface area contributed by atoms with Crippen molar-refractivity contribution in [1.29, 1.82) is 0 Å². The maximum Gasteiger partial charge on any atom is 0.302 e. The quantitative estimate of drug-likeness (QED) is 0.524. The first kappa shape index (κ1) is 21.4. The summed E-state index contributed by atoms with van der Waals surface area (Å²) in [5.41, 5.74) is 0.434. The van der Waals surface area contributed by atoms with Crippen LogP contribution in [0.25, 0.3) is 0 Å². The number of para-hydroxylation sites is 1. The number of piperidine rings is 1. The molecule has 1 saturated heterocycles. The summed E-state index contributed by atoms with van der Waals surface area (Å²) in [7, 11) is -3.85. The van der Waals surface area contributed by atoms with Gasteiger partial charge in [0.05, 0.1) is 10.6 Å². The highest BCUT2D eigenvalue weighted by Crippen LogP contribution is 2.25. The molecule has 0 N–H and O–H groups in total. The average molecular weight is 439 g/mol. The summed E-state index contributed by atoms with van der Waals surface area (Å²) in [5, 5.41) is -0.140. The maximum absolute atomic E-state index is 14.3. The summed E-state index contributed by atoms with van der Waals surface area (Å²) < 4.78 is 46.7. The minimum Gasteiger partial charge on any atom is -0.462 e. The Labute approximate surface area is 174 Å². The summed E-state index contributed by atoms with van der Waals surface area (Å²) in [6.07, 6.45) is 0.516. The summed E-state index contributed by atoms with van der Waals surface area (Å²) in [4.78, 5) is 15.1. The van der Waals surface area contributed by atoms with E-state index in [1.54, 1.807) is 24.3 Å². The van der Waals surface area contributed by atoms with Gasteiger partial charge in [-0.25, -0.2) is 17.8 Å². The Morgan fingerprint density at radius 1 is 1.17 bits per heavy atom. The fraction of sp³-hybridized carbons (Fsp3) is 0.300. The van der Waals surface area contributed by atoms with Crippen LogP contribution >= 0.6 is 11.6 Å². The molecule has 0 aliphatic carbocycles. The van der Waals surface area contributed by atoms with Gasteiger partial charge >= 0.3 is 5.97 Å². The molecule has 1 aliphatic rings. The van der Waals surface area contributed by atoms with E-state index < -0.39 is 15.8 Å². The van der Waals surface area contributed by atoms with Crippen molar-refractivity contribution >= 4 is 38.5 Å². The Balaban J connectivity index is 1.83. The van der Waals surface area contributed by atoms with Crippen LogP contribution in [0.2, 0.25) is 0 Å². The van der Waals surface area contributed by atoms with Crippen LogP contribution in [0.1, 0.15) is 25.3 Å². The third-order valence-corrected chi connectivity index (χ3v) is 6.70. The third kappa shape index (κ3) is 5.20. The van der Waals surface area contributed by atoms with Gasteiger partial charge < -0.3 is 4.74 Å². The number of nitrogens with zero attached hydrogens (tertiary/aromatic N) is 2. The Morgan fingerprint density at radius 3 is 2.45 bits per heavy atom. The Hall–Kier alpha value is -2.29. The standard InChI is InChI=1S/C20H20ClFN2O4S/c1-14(25)28-16-9-11-24(12-10-16)29(26,27)17-7-8-19(22)18(13-17)20(21)23-15-5-3-2-4-6-15/h2-8,13,16H,9-12H2,1H3. The Kier molecular flexibility index (Phi) is 6.66. The van der Waals surface area contributed by atoms with Crippen LogP contribution in [-0.4, -0.2) is 43.1 Å². The highest BCUT2D eigenvalue weighted by Gasteiger charge is 2.31. The number of benzene rings is 2. The second kappa shape index (κ2) is 9.02. The van der Waals surface area contributed by atoms with E-state index in [0.29, 0.717) is 18.5 Å². The van der Waals surface area contributed by atoms with Crippen LogP contribution in [0, 0.1) is 5.82 Å². The van der Waals surface area contributed by atoms with Crippen LogP contribution in [0.3, 0.4) is 0 Å². The van der Waals surface area contributed by atoms with E-state index in [1.807, 2.05) is 6.07 Å². The third-order valence-electron chi connectivity index (χ3n) is 4.51. The largest absolute Gasteiger partial charge is 0.462 e. The summed E-state index contributed by atoms with van der Waals surface area (Å²) in [6.45, 7) is 1.74. The van der Waals surface area contributed by atoms with Gasteiger partial charge in [-0.1, -0.05) is 29.8 Å². The van der Waals surface area contributed by atoms with Crippen molar-refractivity contribution in [3.8, 4) is 0 Å². The van der Waals surface area contributed by atoms with Crippen LogP contribution in [0.5, 0.6) is 0 Å². The van der Waals surface area contributed by atoms with Crippen molar-refractivity contribution in [2.75, 3.05) is 13.1 Å². The lowest BCUT2D eigenvalue weighted by Gasteiger charge is -2.30. The fourth-order valence-electron chi connectivity index (χ4n) is 3.07. The second-order valence-corrected chi connectivity index (χ2v) is 8.89. The molecule has 0 aromatic heterocycles. The van der Waals surface area contributed by atoms with Gasteiger partial charge in [0.15, 0.2) is 0 Å². The lowest BCUT2D eigenvalue weighted by molar-refractivity contribution is -0.147. The molecule has 154 valence electrons. The smallest absolute Gasteiger partial charge is 0.302 e. The number of esters is 1. The van der Waals surface area contributed by atoms with Gasteiger partial charge in [-0.05, 0) is 43.2 Å². The van der Waals surface area contributed by atoms with Gasteiger partial charge in [0.1, 0.15) is 17.1 Å². The summed E-state index contributed by atoms with van der Waals surface area (Å²) in [5.74, 6) is -1.05. The van der Waals surface area contributed by atoms with E-state index in [1.165, 1.54) is 23.4 Å². The molecule has 0 saturated carbocycles. The molecule has 6 nitrogen and oxygen atoms in total. The number of carbonyl (C=O) groups excluding carboxylic acids is 1. The molecule has 1 fully saturated rings. The zero-order valence-corrected chi connectivity index (χ0v) is 17.3. The van der Waals surface area contributed by atoms with E-state index in [-0.39, 0.29) is 40.8 Å². The van der Waals surface area contributed by atoms with Crippen LogP contribution < -0.4 is 0 Å². The predicted octanol–water partition coefficient (Wildman–Crippen LogP) is 3.86. The molecule has 2 aromatic carbocycles. The van der Waals surface area contributed by atoms with Crippen molar-refractivity contribution in [1.82, 2.24) is 4.31 Å². The molecule has 1 heterocycles. The minimum absolute atomic E-state index is 0.0683. The van der Waals surface area contributed by atoms with E-state index in [4.69, 9.17) is 16.3 Å². The molecule has 0 unspecified atom stereocenters. The first-order chi connectivity index (χ1) is 13.8. The molecule has 0 amide bonds. The highest BCUT2D eigenvalue weighted by atomic mass is 35.5. The fourth-order valence-corrected chi connectivity index (χ4v) is 4.81. The number of ether oxygens (including phenoxy) is 1. The Bertz CT molecular complexity index is 1020. The van der Waals surface area contributed by atoms with E-state index in [2.05, 4.69) is 4.99 Å². The molecule has 0 radical (unpaired) electrons. The Morgan fingerprint density at radius 2 is 1.83 bits per heavy atom. The minimum atomic E-state index is -3.85. The zero-order valence-electron chi connectivity index (χ0n) is 15.7. The van der Waals surface area contributed by atoms with Crippen molar-refractivity contribution < 1.29 is 22.3 Å². The van der Waals surface area contributed by atoms with Crippen molar-refractivity contribution in [3.05, 3.63) is 59.9 Å². The van der Waals surface area contributed by atoms with E-state index in [9.17, 15) is 17.6 Å². The molecular formula is C20H20ClFN2O4S. The number of aliphatic imine (C=N–C) groups is 1. The van der Waals surface area contributed by atoms with Crippen LogP contribution in [0.15, 0.2) is 58.4 Å². The summed E-state index contributed by atoms with van der Waals surface area (Å²) in [6, 6.07) is 12.2. The van der Waals surface area contributed by atoms with Crippen LogP contribution in [-0.2, 0) is 19.6 Å². The molecule has 9 heteroatoms. The molecule has 3 rings (SSSR count). The number of halogens is 2. The molecule has 0 atom stereocenters. The van der Waals surface area contributed by atoms with E-state index in [0.717, 1.165) is 6.07 Å². The molecule has 29 heavy (non-hydrogen) atoms. The summed E-state index contributed by atoms with van der Waals surface area (Å²) >= 11 is 6.17. The lowest BCUT2D eigenvalue weighted by Crippen LogP contribution is -2.41. The number of hydrogen-bond acceptors (Lipinski definition) is 5. The topological polar surface area (TPSA) is 76.0 Å². The van der Waals surface area contributed by atoms with Crippen molar-refractivity contribution in [2.24, 2.45) is 4.99 Å². The van der Waals surface area contributed by atoms with Gasteiger partial charge in [0.25, 0.3) is 0 Å². The maximum atomic E-state index is 14.3. The number of hydrogen-bond donors (Lipinski definition) is 0. The highest BCUT2D eigenvalue weighted by molar-refractivity contribution is 7.89. The first-order valence-electron chi connectivity index (χ1n) is 9.04. The predicted molar refractivity (Wildman–Crippen MR) is 108 cm³/mol. The van der Waals surface area contributed by atoms with Gasteiger partial charge in [-0.2, -0.15) is 4.31 Å². The number of sulfonamides is 1. The normalized spacial score (nSPS) is 16.6. The van der Waals surface area contributed by atoms with Crippen molar-refractivity contribution in [3.63, 3.8) is 0 Å². The molecule has 0 bridgehead atoms. The average Bonchev–Trinajstić information content (AvgIpc) is 2.69. The molecule has 0 spiro atoms. The molecule has 2 aromatic rings. The zero-order chi connectivity index (χ0) is 21.0. The van der Waals surface area contributed by atoms with Gasteiger partial charge in [0.2, 0.25) is 10.0 Å². The monoisotopic (exact) mass is 438 g/mol. The van der Waals surface area contributed by atoms with E-state index >= 15 is 0 Å². The van der Waals surface area contributed by atoms with Crippen molar-refractivity contribution in [2.45, 2.75) is 30.8 Å². The lowest BCUT2D eigenvalue weighted by atomic mass is 10.1. The SMILES string of the molecule is CC(=O)OC1CCN(S(=O)(=O)c2ccc(F)c(C(Cl)=Nc3ccccc3)c2)CC1.